The van der Waals surface area contributed by atoms with Gasteiger partial charge in [0.05, 0.1) is 6.61 Å². The molecular formula is C14H17NO4. The fraction of sp³-hybridized carbons (Fsp3) is 0.357. The highest BCUT2D eigenvalue weighted by Gasteiger charge is 2.13. The van der Waals surface area contributed by atoms with Gasteiger partial charge in [-0.25, -0.2) is 4.79 Å². The topological polar surface area (TPSA) is 56.8 Å². The van der Waals surface area contributed by atoms with E-state index in [2.05, 4.69) is 11.9 Å². The Kier molecular flexibility index (Phi) is 4.41. The second-order valence-electron chi connectivity index (χ2n) is 4.12. The van der Waals surface area contributed by atoms with Gasteiger partial charge in [-0.1, -0.05) is 12.6 Å². The Bertz CT molecular complexity index is 484. The first-order chi connectivity index (χ1) is 9.20. The van der Waals surface area contributed by atoms with Crippen LogP contribution in [0.1, 0.15) is 12.5 Å². The van der Waals surface area contributed by atoms with Gasteiger partial charge in [0.1, 0.15) is 0 Å². The monoisotopic (exact) mass is 263 g/mol. The summed E-state index contributed by atoms with van der Waals surface area (Å²) in [4.78, 5) is 11.3. The van der Waals surface area contributed by atoms with Gasteiger partial charge in [-0.15, -0.1) is 0 Å². The highest BCUT2D eigenvalue weighted by atomic mass is 16.7. The van der Waals surface area contributed by atoms with Crippen molar-refractivity contribution in [2.75, 3.05) is 19.9 Å². The summed E-state index contributed by atoms with van der Waals surface area (Å²) >= 11 is 0. The molecule has 1 aromatic rings. The molecule has 0 amide bonds. The standard InChI is InChI=1S/C14H17NO4/c1-3-17-14(16)10(2)7-15-8-11-4-5-12-13(6-11)19-9-18-12/h4-6,15H,2-3,7-9H2,1H3. The van der Waals surface area contributed by atoms with Crippen LogP contribution in [0.25, 0.3) is 0 Å². The maximum absolute atomic E-state index is 11.3. The van der Waals surface area contributed by atoms with Crippen molar-refractivity contribution in [3.8, 4) is 11.5 Å². The normalized spacial score (nSPS) is 12.3. The molecule has 0 spiro atoms. The smallest absolute Gasteiger partial charge is 0.334 e. The lowest BCUT2D eigenvalue weighted by Crippen LogP contribution is -2.21. The number of nitrogens with one attached hydrogen (secondary N) is 1. The van der Waals surface area contributed by atoms with Gasteiger partial charge in [0.2, 0.25) is 6.79 Å². The third-order valence-electron chi connectivity index (χ3n) is 2.67. The van der Waals surface area contributed by atoms with E-state index in [-0.39, 0.29) is 12.8 Å². The lowest BCUT2D eigenvalue weighted by molar-refractivity contribution is -0.138. The highest BCUT2D eigenvalue weighted by Crippen LogP contribution is 2.32. The van der Waals surface area contributed by atoms with Gasteiger partial charge < -0.3 is 19.5 Å². The number of benzene rings is 1. The summed E-state index contributed by atoms with van der Waals surface area (Å²) in [6.07, 6.45) is 0. The zero-order chi connectivity index (χ0) is 13.7. The molecule has 0 atom stereocenters. The predicted molar refractivity (Wildman–Crippen MR) is 70.0 cm³/mol. The lowest BCUT2D eigenvalue weighted by atomic mass is 10.2. The second-order valence-corrected chi connectivity index (χ2v) is 4.12. The van der Waals surface area contributed by atoms with E-state index >= 15 is 0 Å². The Morgan fingerprint density at radius 1 is 1.42 bits per heavy atom. The molecule has 0 unspecified atom stereocenters. The van der Waals surface area contributed by atoms with Crippen LogP contribution in [0.5, 0.6) is 11.5 Å². The summed E-state index contributed by atoms with van der Waals surface area (Å²) in [7, 11) is 0. The van der Waals surface area contributed by atoms with Crippen molar-refractivity contribution in [2.45, 2.75) is 13.5 Å². The molecule has 5 heteroatoms. The van der Waals surface area contributed by atoms with Crippen molar-refractivity contribution >= 4 is 5.97 Å². The number of rotatable bonds is 6. The van der Waals surface area contributed by atoms with Crippen LogP contribution >= 0.6 is 0 Å². The molecule has 19 heavy (non-hydrogen) atoms. The molecule has 2 rings (SSSR count). The summed E-state index contributed by atoms with van der Waals surface area (Å²) < 4.78 is 15.4. The minimum atomic E-state index is -0.360. The lowest BCUT2D eigenvalue weighted by Gasteiger charge is -2.07. The Morgan fingerprint density at radius 2 is 2.21 bits per heavy atom. The average Bonchev–Trinajstić information content (AvgIpc) is 2.86. The third kappa shape index (κ3) is 3.48. The number of hydrogen-bond acceptors (Lipinski definition) is 5. The van der Waals surface area contributed by atoms with Gasteiger partial charge in [0, 0.05) is 18.7 Å². The van der Waals surface area contributed by atoms with E-state index in [1.54, 1.807) is 6.92 Å². The molecule has 0 fully saturated rings. The highest BCUT2D eigenvalue weighted by molar-refractivity contribution is 5.88. The van der Waals surface area contributed by atoms with Crippen LogP contribution in [0.4, 0.5) is 0 Å². The molecule has 0 aromatic heterocycles. The van der Waals surface area contributed by atoms with Crippen molar-refractivity contribution in [3.05, 3.63) is 35.9 Å². The number of fused-ring (bicyclic) bond motifs is 1. The number of hydrogen-bond donors (Lipinski definition) is 1. The van der Waals surface area contributed by atoms with E-state index < -0.39 is 0 Å². The zero-order valence-electron chi connectivity index (χ0n) is 10.9. The summed E-state index contributed by atoms with van der Waals surface area (Å²) in [5.41, 5.74) is 1.48. The van der Waals surface area contributed by atoms with Crippen molar-refractivity contribution in [3.63, 3.8) is 0 Å². The van der Waals surface area contributed by atoms with E-state index in [1.807, 2.05) is 18.2 Å². The fourth-order valence-corrected chi connectivity index (χ4v) is 1.71. The van der Waals surface area contributed by atoms with Crippen LogP contribution in [0.3, 0.4) is 0 Å². The van der Waals surface area contributed by atoms with E-state index in [4.69, 9.17) is 14.2 Å². The van der Waals surface area contributed by atoms with Crippen LogP contribution in [0.2, 0.25) is 0 Å². The van der Waals surface area contributed by atoms with Crippen molar-refractivity contribution < 1.29 is 19.0 Å². The molecule has 1 aliphatic heterocycles. The first-order valence-corrected chi connectivity index (χ1v) is 6.15. The SMILES string of the molecule is C=C(CNCc1ccc2c(c1)OCO2)C(=O)OCC. The molecule has 1 N–H and O–H groups in total. The zero-order valence-corrected chi connectivity index (χ0v) is 10.9. The first kappa shape index (κ1) is 13.4. The number of carbonyl (C=O) groups is 1. The molecule has 102 valence electrons. The van der Waals surface area contributed by atoms with E-state index in [9.17, 15) is 4.79 Å². The summed E-state index contributed by atoms with van der Waals surface area (Å²) in [6.45, 7) is 7.10. The molecular weight excluding hydrogens is 246 g/mol. The van der Waals surface area contributed by atoms with Crippen LogP contribution in [-0.4, -0.2) is 25.9 Å². The summed E-state index contributed by atoms with van der Waals surface area (Å²) in [5.74, 6) is 1.16. The van der Waals surface area contributed by atoms with Crippen LogP contribution in [-0.2, 0) is 16.1 Å². The third-order valence-corrected chi connectivity index (χ3v) is 2.67. The molecule has 1 aromatic carbocycles. The van der Waals surface area contributed by atoms with Crippen LogP contribution in [0.15, 0.2) is 30.4 Å². The van der Waals surface area contributed by atoms with E-state index in [0.717, 1.165) is 17.1 Å². The summed E-state index contributed by atoms with van der Waals surface area (Å²) in [5, 5.41) is 3.14. The maximum Gasteiger partial charge on any atom is 0.334 e. The maximum atomic E-state index is 11.3. The molecule has 0 bridgehead atoms. The molecule has 0 aliphatic carbocycles. The Morgan fingerprint density at radius 3 is 3.00 bits per heavy atom. The quantitative estimate of drug-likeness (QED) is 0.624. The van der Waals surface area contributed by atoms with Gasteiger partial charge in [-0.2, -0.15) is 0 Å². The molecule has 1 heterocycles. The van der Waals surface area contributed by atoms with Crippen LogP contribution in [0, 0.1) is 0 Å². The second kappa shape index (κ2) is 6.24. The van der Waals surface area contributed by atoms with Gasteiger partial charge in [0.15, 0.2) is 11.5 Å². The van der Waals surface area contributed by atoms with Gasteiger partial charge >= 0.3 is 5.97 Å². The largest absolute Gasteiger partial charge is 0.463 e. The molecule has 0 radical (unpaired) electrons. The van der Waals surface area contributed by atoms with Crippen molar-refractivity contribution in [2.24, 2.45) is 0 Å². The van der Waals surface area contributed by atoms with Crippen LogP contribution < -0.4 is 14.8 Å². The molecule has 0 saturated heterocycles. The first-order valence-electron chi connectivity index (χ1n) is 6.15. The van der Waals surface area contributed by atoms with E-state index in [0.29, 0.717) is 25.3 Å². The molecule has 5 nitrogen and oxygen atoms in total. The van der Waals surface area contributed by atoms with Crippen molar-refractivity contribution in [1.82, 2.24) is 5.32 Å². The number of carbonyl (C=O) groups excluding carboxylic acids is 1. The Hall–Kier alpha value is -2.01. The molecule has 1 aliphatic rings. The Labute approximate surface area is 112 Å². The van der Waals surface area contributed by atoms with Gasteiger partial charge in [0.25, 0.3) is 0 Å². The minimum absolute atomic E-state index is 0.270. The minimum Gasteiger partial charge on any atom is -0.463 e. The average molecular weight is 263 g/mol. The Balaban J connectivity index is 1.80. The number of ether oxygens (including phenoxy) is 3. The van der Waals surface area contributed by atoms with Gasteiger partial charge in [-0.3, -0.25) is 0 Å². The summed E-state index contributed by atoms with van der Waals surface area (Å²) in [6, 6.07) is 5.75. The molecule has 0 saturated carbocycles. The fourth-order valence-electron chi connectivity index (χ4n) is 1.71. The van der Waals surface area contributed by atoms with Gasteiger partial charge in [-0.05, 0) is 24.6 Å². The predicted octanol–water partition coefficient (Wildman–Crippen LogP) is 1.62. The van der Waals surface area contributed by atoms with E-state index in [1.165, 1.54) is 0 Å². The number of esters is 1. The van der Waals surface area contributed by atoms with Crippen molar-refractivity contribution in [1.29, 1.82) is 0 Å².